The van der Waals surface area contributed by atoms with Crippen molar-refractivity contribution < 1.29 is 14.3 Å². The molecule has 5 nitrogen and oxygen atoms in total. The minimum Gasteiger partial charge on any atom is -0.497 e. The fourth-order valence-corrected chi connectivity index (χ4v) is 2.83. The van der Waals surface area contributed by atoms with Gasteiger partial charge in [0.25, 0.3) is 5.91 Å². The van der Waals surface area contributed by atoms with Crippen molar-refractivity contribution in [3.63, 3.8) is 0 Å². The molecule has 120 valence electrons. The number of amides is 1. The molecule has 1 aliphatic heterocycles. The Labute approximate surface area is 135 Å². The van der Waals surface area contributed by atoms with Crippen LogP contribution in [0.4, 0.5) is 0 Å². The van der Waals surface area contributed by atoms with Gasteiger partial charge in [-0.25, -0.2) is 0 Å². The van der Waals surface area contributed by atoms with Crippen molar-refractivity contribution in [1.82, 2.24) is 10.3 Å². The van der Waals surface area contributed by atoms with E-state index in [2.05, 4.69) is 10.3 Å². The maximum atomic E-state index is 12.5. The average Bonchev–Trinajstić information content (AvgIpc) is 2.54. The molecule has 0 aliphatic carbocycles. The van der Waals surface area contributed by atoms with E-state index in [0.717, 1.165) is 17.1 Å². The molecular weight excluding hydrogens is 292 g/mol. The summed E-state index contributed by atoms with van der Waals surface area (Å²) in [5.41, 5.74) is 1.12. The zero-order chi connectivity index (χ0) is 16.4. The van der Waals surface area contributed by atoms with E-state index in [-0.39, 0.29) is 17.6 Å². The second-order valence-corrected chi connectivity index (χ2v) is 6.24. The highest BCUT2D eigenvalue weighted by atomic mass is 16.5. The van der Waals surface area contributed by atoms with Crippen LogP contribution in [0, 0.1) is 0 Å². The van der Waals surface area contributed by atoms with E-state index in [1.807, 2.05) is 32.0 Å². The molecule has 1 atom stereocenters. The van der Waals surface area contributed by atoms with E-state index < -0.39 is 0 Å². The number of fused-ring (bicyclic) bond motifs is 1. The third kappa shape index (κ3) is 3.28. The molecule has 1 aromatic heterocycles. The van der Waals surface area contributed by atoms with E-state index in [1.165, 1.54) is 0 Å². The number of nitrogens with one attached hydrogen (secondary N) is 1. The van der Waals surface area contributed by atoms with Crippen LogP contribution in [0.1, 0.15) is 42.2 Å². The van der Waals surface area contributed by atoms with Gasteiger partial charge >= 0.3 is 0 Å². The zero-order valence-electron chi connectivity index (χ0n) is 13.5. The Morgan fingerprint density at radius 3 is 2.91 bits per heavy atom. The Kier molecular flexibility index (Phi) is 3.94. The lowest BCUT2D eigenvalue weighted by molar-refractivity contribution is 0.0618. The molecule has 0 fully saturated rings. The summed E-state index contributed by atoms with van der Waals surface area (Å²) in [5, 5.41) is 3.08. The standard InChI is InChI=1S/C18H20N2O3/c1-18(2)10-15(20-17(21)12-5-4-8-19-11-12)14-9-13(22-3)6-7-16(14)23-18/h4-9,11,15H,10H2,1-3H3,(H,20,21)/t15-/m1/s1. The molecular formula is C18H20N2O3. The van der Waals surface area contributed by atoms with Gasteiger partial charge in [0.15, 0.2) is 0 Å². The van der Waals surface area contributed by atoms with Gasteiger partial charge in [-0.15, -0.1) is 0 Å². The topological polar surface area (TPSA) is 60.5 Å². The smallest absolute Gasteiger partial charge is 0.253 e. The molecule has 0 saturated heterocycles. The molecule has 1 aliphatic rings. The Morgan fingerprint density at radius 1 is 1.39 bits per heavy atom. The van der Waals surface area contributed by atoms with Crippen molar-refractivity contribution in [3.05, 3.63) is 53.9 Å². The lowest BCUT2D eigenvalue weighted by Crippen LogP contribution is -2.41. The van der Waals surface area contributed by atoms with E-state index in [4.69, 9.17) is 9.47 Å². The van der Waals surface area contributed by atoms with Crippen molar-refractivity contribution in [2.75, 3.05) is 7.11 Å². The number of methoxy groups -OCH3 is 1. The summed E-state index contributed by atoms with van der Waals surface area (Å²) >= 11 is 0. The number of carbonyl (C=O) groups is 1. The quantitative estimate of drug-likeness (QED) is 0.946. The summed E-state index contributed by atoms with van der Waals surface area (Å²) in [6.07, 6.45) is 3.89. The molecule has 0 bridgehead atoms. The first kappa shape index (κ1) is 15.3. The lowest BCUT2D eigenvalue weighted by atomic mass is 9.89. The summed E-state index contributed by atoms with van der Waals surface area (Å²) in [5.74, 6) is 1.38. The van der Waals surface area contributed by atoms with Crippen LogP contribution in [0.25, 0.3) is 0 Å². The maximum Gasteiger partial charge on any atom is 0.253 e. The number of hydrogen-bond acceptors (Lipinski definition) is 4. The number of carbonyl (C=O) groups excluding carboxylic acids is 1. The normalized spacial score (nSPS) is 18.5. The minimum atomic E-state index is -0.353. The van der Waals surface area contributed by atoms with Gasteiger partial charge in [0, 0.05) is 24.4 Å². The highest BCUT2D eigenvalue weighted by molar-refractivity contribution is 5.94. The third-order valence-electron chi connectivity index (χ3n) is 3.90. The van der Waals surface area contributed by atoms with Gasteiger partial charge in [0.05, 0.1) is 18.7 Å². The number of rotatable bonds is 3. The van der Waals surface area contributed by atoms with Gasteiger partial charge in [-0.05, 0) is 44.2 Å². The number of hydrogen-bond donors (Lipinski definition) is 1. The van der Waals surface area contributed by atoms with Crippen LogP contribution in [0.5, 0.6) is 11.5 Å². The highest BCUT2D eigenvalue weighted by Gasteiger charge is 2.35. The summed E-state index contributed by atoms with van der Waals surface area (Å²) in [6, 6.07) is 9.02. The zero-order valence-corrected chi connectivity index (χ0v) is 13.5. The predicted molar refractivity (Wildman–Crippen MR) is 86.8 cm³/mol. The number of nitrogens with zero attached hydrogens (tertiary/aromatic N) is 1. The molecule has 23 heavy (non-hydrogen) atoms. The van der Waals surface area contributed by atoms with Crippen molar-refractivity contribution in [1.29, 1.82) is 0 Å². The van der Waals surface area contributed by atoms with Crippen molar-refractivity contribution >= 4 is 5.91 Å². The largest absolute Gasteiger partial charge is 0.497 e. The van der Waals surface area contributed by atoms with Crippen LogP contribution in [-0.4, -0.2) is 23.6 Å². The molecule has 0 saturated carbocycles. The number of ether oxygens (including phenoxy) is 2. The first-order valence-electron chi connectivity index (χ1n) is 7.56. The monoisotopic (exact) mass is 312 g/mol. The van der Waals surface area contributed by atoms with Crippen LogP contribution >= 0.6 is 0 Å². The number of benzene rings is 1. The first-order valence-corrected chi connectivity index (χ1v) is 7.56. The van der Waals surface area contributed by atoms with Crippen LogP contribution < -0.4 is 14.8 Å². The minimum absolute atomic E-state index is 0.142. The van der Waals surface area contributed by atoms with Gasteiger partial charge in [0.1, 0.15) is 17.1 Å². The molecule has 1 aromatic carbocycles. The fourth-order valence-electron chi connectivity index (χ4n) is 2.83. The maximum absolute atomic E-state index is 12.5. The van der Waals surface area contributed by atoms with Crippen molar-refractivity contribution in [2.24, 2.45) is 0 Å². The fraction of sp³-hybridized carbons (Fsp3) is 0.333. The van der Waals surface area contributed by atoms with Gasteiger partial charge in [-0.2, -0.15) is 0 Å². The Morgan fingerprint density at radius 2 is 2.22 bits per heavy atom. The SMILES string of the molecule is COc1ccc2c(c1)[C@H](NC(=O)c1cccnc1)CC(C)(C)O2. The van der Waals surface area contributed by atoms with Gasteiger partial charge < -0.3 is 14.8 Å². The van der Waals surface area contributed by atoms with Crippen molar-refractivity contribution in [3.8, 4) is 11.5 Å². The molecule has 2 heterocycles. The molecule has 0 unspecified atom stereocenters. The van der Waals surface area contributed by atoms with E-state index >= 15 is 0 Å². The van der Waals surface area contributed by atoms with Gasteiger partial charge in [-0.3, -0.25) is 9.78 Å². The van der Waals surface area contributed by atoms with Crippen LogP contribution in [0.3, 0.4) is 0 Å². The second-order valence-electron chi connectivity index (χ2n) is 6.24. The van der Waals surface area contributed by atoms with Gasteiger partial charge in [-0.1, -0.05) is 0 Å². The average molecular weight is 312 g/mol. The summed E-state index contributed by atoms with van der Waals surface area (Å²) in [6.45, 7) is 4.03. The summed E-state index contributed by atoms with van der Waals surface area (Å²) in [4.78, 5) is 16.5. The van der Waals surface area contributed by atoms with Crippen LogP contribution in [0.15, 0.2) is 42.7 Å². The van der Waals surface area contributed by atoms with Crippen LogP contribution in [-0.2, 0) is 0 Å². The molecule has 2 aromatic rings. The molecule has 1 N–H and O–H groups in total. The molecule has 3 rings (SSSR count). The van der Waals surface area contributed by atoms with Crippen LogP contribution in [0.2, 0.25) is 0 Å². The summed E-state index contributed by atoms with van der Waals surface area (Å²) in [7, 11) is 1.62. The van der Waals surface area contributed by atoms with Gasteiger partial charge in [0.2, 0.25) is 0 Å². The molecule has 1 amide bonds. The second kappa shape index (κ2) is 5.91. The first-order chi connectivity index (χ1) is 11.0. The third-order valence-corrected chi connectivity index (χ3v) is 3.90. The number of aromatic nitrogens is 1. The Balaban J connectivity index is 1.91. The highest BCUT2D eigenvalue weighted by Crippen LogP contribution is 2.41. The molecule has 5 heteroatoms. The summed E-state index contributed by atoms with van der Waals surface area (Å²) < 4.78 is 11.3. The molecule has 0 spiro atoms. The lowest BCUT2D eigenvalue weighted by Gasteiger charge is -2.38. The van der Waals surface area contributed by atoms with E-state index in [9.17, 15) is 4.79 Å². The van der Waals surface area contributed by atoms with E-state index in [1.54, 1.807) is 31.6 Å². The Bertz CT molecular complexity index is 713. The molecule has 0 radical (unpaired) electrons. The van der Waals surface area contributed by atoms with Crippen molar-refractivity contribution in [2.45, 2.75) is 31.9 Å². The number of pyridine rings is 1. The predicted octanol–water partition coefficient (Wildman–Crippen LogP) is 3.12. The van der Waals surface area contributed by atoms with E-state index in [0.29, 0.717) is 12.0 Å². The Hall–Kier alpha value is -2.56.